The number of halogens is 1. The van der Waals surface area contributed by atoms with E-state index in [0.717, 1.165) is 0 Å². The fourth-order valence-corrected chi connectivity index (χ4v) is 6.51. The van der Waals surface area contributed by atoms with E-state index in [1.54, 1.807) is 19.1 Å². The van der Waals surface area contributed by atoms with Gasteiger partial charge in [0, 0.05) is 23.1 Å². The second-order valence-electron chi connectivity index (χ2n) is 11.7. The molecule has 2 atom stereocenters. The number of ether oxygens (including phenoxy) is 3. The summed E-state index contributed by atoms with van der Waals surface area (Å²) in [6.07, 6.45) is 0.799. The number of fused-ring (bicyclic) bond motifs is 1. The van der Waals surface area contributed by atoms with Crippen LogP contribution in [0.4, 0.5) is 4.39 Å². The lowest BCUT2D eigenvalue weighted by Gasteiger charge is -2.26. The zero-order valence-corrected chi connectivity index (χ0v) is 25.9. The number of hydrogen-bond donors (Lipinski definition) is 3. The van der Waals surface area contributed by atoms with Crippen LogP contribution in [0.25, 0.3) is 11.3 Å². The van der Waals surface area contributed by atoms with E-state index in [-0.39, 0.29) is 55.6 Å². The number of hydrogen-bond acceptors (Lipinski definition) is 10. The van der Waals surface area contributed by atoms with Crippen LogP contribution in [0.3, 0.4) is 0 Å². The van der Waals surface area contributed by atoms with Crippen molar-refractivity contribution < 1.29 is 46.8 Å². The highest BCUT2D eigenvalue weighted by Crippen LogP contribution is 2.46. The van der Waals surface area contributed by atoms with E-state index in [1.165, 1.54) is 50.4 Å². The first kappa shape index (κ1) is 32.3. The fourth-order valence-electron chi connectivity index (χ4n) is 5.10. The molecule has 2 heterocycles. The Morgan fingerprint density at radius 3 is 2.51 bits per heavy atom. The molecule has 0 radical (unpaired) electrons. The number of sulfonamides is 1. The predicted molar refractivity (Wildman–Crippen MR) is 161 cm³/mol. The minimum absolute atomic E-state index is 0.0578. The van der Waals surface area contributed by atoms with Crippen molar-refractivity contribution in [3.63, 3.8) is 0 Å². The molecule has 1 aliphatic heterocycles. The van der Waals surface area contributed by atoms with Crippen LogP contribution in [-0.2, 0) is 25.8 Å². The van der Waals surface area contributed by atoms with Gasteiger partial charge in [-0.2, -0.15) is 0 Å². The molecule has 1 aliphatic carbocycles. The summed E-state index contributed by atoms with van der Waals surface area (Å²) in [5.74, 6) is -0.645. The molecule has 1 fully saturated rings. The summed E-state index contributed by atoms with van der Waals surface area (Å²) in [5, 5.41) is 20.1. The number of benzene rings is 2. The number of Topliss-reactive ketones (excluding diaryl/α,β-unsaturated/α-hetero) is 1. The quantitative estimate of drug-likeness (QED) is 0.236. The average molecular weight is 643 g/mol. The molecule has 13 heteroatoms. The molecule has 5 rings (SSSR count). The Morgan fingerprint density at radius 2 is 1.87 bits per heavy atom. The molecule has 1 saturated carbocycles. The van der Waals surface area contributed by atoms with Gasteiger partial charge in [0.2, 0.25) is 15.9 Å². The molecule has 3 N–H and O–H groups in total. The maximum atomic E-state index is 13.8. The van der Waals surface area contributed by atoms with Crippen molar-refractivity contribution in [2.75, 3.05) is 26.9 Å². The standard InChI is InChI=1S/C32H35FN2O9S/c1-31(30(38)35-45(40,41)22-9-10-22)18-44-29-23(31)17-27(34-28(29)19-4-7-21(33)8-5-19)32(2,39)13-12-24(37)20-6-11-25(43-15-14-36)26(16-20)42-3/h4-8,11,16-17,22,36,39H,9-10,12-15,18H2,1-3H3,(H,35,38)/t31-,32?/m0/s1. The Bertz CT molecular complexity index is 1720. The van der Waals surface area contributed by atoms with E-state index >= 15 is 0 Å². The summed E-state index contributed by atoms with van der Waals surface area (Å²) in [6.45, 7) is 2.72. The monoisotopic (exact) mass is 642 g/mol. The molecule has 2 aromatic carbocycles. The predicted octanol–water partition coefficient (Wildman–Crippen LogP) is 3.40. The largest absolute Gasteiger partial charge is 0.493 e. The minimum Gasteiger partial charge on any atom is -0.493 e. The number of carbonyl (C=O) groups is 2. The van der Waals surface area contributed by atoms with Gasteiger partial charge in [-0.05, 0) is 81.6 Å². The fraction of sp³-hybridized carbons (Fsp3) is 0.406. The molecule has 1 aromatic heterocycles. The molecular weight excluding hydrogens is 607 g/mol. The molecule has 0 bridgehead atoms. The van der Waals surface area contributed by atoms with Crippen molar-refractivity contribution in [3.8, 4) is 28.5 Å². The number of pyridine rings is 1. The molecule has 0 spiro atoms. The van der Waals surface area contributed by atoms with Gasteiger partial charge in [-0.25, -0.2) is 17.8 Å². The van der Waals surface area contributed by atoms with E-state index in [1.807, 2.05) is 0 Å². The van der Waals surface area contributed by atoms with Crippen LogP contribution in [0.1, 0.15) is 61.1 Å². The van der Waals surface area contributed by atoms with E-state index in [4.69, 9.17) is 19.3 Å². The highest BCUT2D eigenvalue weighted by molar-refractivity contribution is 7.90. The van der Waals surface area contributed by atoms with Crippen LogP contribution in [0.5, 0.6) is 17.2 Å². The number of rotatable bonds is 13. The summed E-state index contributed by atoms with van der Waals surface area (Å²) in [7, 11) is -2.43. The minimum atomic E-state index is -3.85. The highest BCUT2D eigenvalue weighted by Gasteiger charge is 2.48. The van der Waals surface area contributed by atoms with E-state index in [0.29, 0.717) is 41.0 Å². The average Bonchev–Trinajstić information content (AvgIpc) is 3.83. The Balaban J connectivity index is 1.46. The number of aliphatic hydroxyl groups excluding tert-OH is 1. The summed E-state index contributed by atoms with van der Waals surface area (Å²) >= 11 is 0. The number of nitrogens with zero attached hydrogens (tertiary/aromatic N) is 1. The van der Waals surface area contributed by atoms with E-state index < -0.39 is 38.0 Å². The third-order valence-electron chi connectivity index (χ3n) is 8.11. The summed E-state index contributed by atoms with van der Waals surface area (Å²) in [6, 6.07) is 11.6. The Morgan fingerprint density at radius 1 is 1.16 bits per heavy atom. The van der Waals surface area contributed by atoms with Gasteiger partial charge in [0.25, 0.3) is 0 Å². The second-order valence-corrected chi connectivity index (χ2v) is 13.6. The summed E-state index contributed by atoms with van der Waals surface area (Å²) in [5.41, 5.74) is -1.70. The molecule has 11 nitrogen and oxygen atoms in total. The maximum Gasteiger partial charge on any atom is 0.247 e. The normalized spacial score (nSPS) is 18.8. The lowest BCUT2D eigenvalue weighted by atomic mass is 9.81. The molecule has 3 aromatic rings. The first-order chi connectivity index (χ1) is 21.3. The van der Waals surface area contributed by atoms with Crippen LogP contribution in [0.15, 0.2) is 48.5 Å². The Hall–Kier alpha value is -4.07. The topological polar surface area (TPSA) is 161 Å². The van der Waals surface area contributed by atoms with Crippen LogP contribution in [-0.4, -0.2) is 67.5 Å². The molecule has 1 unspecified atom stereocenters. The lowest BCUT2D eigenvalue weighted by Crippen LogP contribution is -2.47. The van der Waals surface area contributed by atoms with Gasteiger partial charge in [0.05, 0.1) is 24.7 Å². The van der Waals surface area contributed by atoms with Crippen molar-refractivity contribution in [2.45, 2.75) is 55.8 Å². The van der Waals surface area contributed by atoms with Crippen molar-refractivity contribution in [2.24, 2.45) is 0 Å². The second kappa shape index (κ2) is 12.4. The van der Waals surface area contributed by atoms with Crippen LogP contribution in [0, 0.1) is 5.82 Å². The van der Waals surface area contributed by atoms with Crippen molar-refractivity contribution in [1.29, 1.82) is 0 Å². The van der Waals surface area contributed by atoms with Crippen LogP contribution < -0.4 is 18.9 Å². The van der Waals surface area contributed by atoms with Gasteiger partial charge in [0.1, 0.15) is 41.5 Å². The summed E-state index contributed by atoms with van der Waals surface area (Å²) in [4.78, 5) is 31.3. The highest BCUT2D eigenvalue weighted by atomic mass is 32.2. The number of nitrogens with one attached hydrogen (secondary N) is 1. The lowest BCUT2D eigenvalue weighted by molar-refractivity contribution is -0.124. The first-order valence-corrected chi connectivity index (χ1v) is 16.0. The van der Waals surface area contributed by atoms with Crippen molar-refractivity contribution in [1.82, 2.24) is 9.71 Å². The number of amides is 1. The van der Waals surface area contributed by atoms with Crippen molar-refractivity contribution in [3.05, 3.63) is 71.2 Å². The molecule has 1 amide bonds. The molecule has 2 aliphatic rings. The zero-order valence-electron chi connectivity index (χ0n) is 25.1. The number of carbonyl (C=O) groups excluding carboxylic acids is 2. The zero-order chi connectivity index (χ0) is 32.6. The van der Waals surface area contributed by atoms with E-state index in [2.05, 4.69) is 9.71 Å². The van der Waals surface area contributed by atoms with Gasteiger partial charge >= 0.3 is 0 Å². The third kappa shape index (κ3) is 6.65. The van der Waals surface area contributed by atoms with Gasteiger partial charge < -0.3 is 24.4 Å². The molecule has 240 valence electrons. The maximum absolute atomic E-state index is 13.8. The number of aliphatic hydroxyl groups is 2. The van der Waals surface area contributed by atoms with Gasteiger partial charge in [0.15, 0.2) is 17.3 Å². The number of aromatic nitrogens is 1. The molecule has 0 saturated heterocycles. The Kier molecular flexibility index (Phi) is 8.89. The van der Waals surface area contributed by atoms with Crippen molar-refractivity contribution >= 4 is 21.7 Å². The molecule has 45 heavy (non-hydrogen) atoms. The van der Waals surface area contributed by atoms with E-state index in [9.17, 15) is 27.5 Å². The SMILES string of the molecule is COc1cc(C(=O)CCC(C)(O)c2cc3c(c(-c4ccc(F)cc4)n2)OC[C@]3(C)C(=O)NS(=O)(=O)C2CC2)ccc1OCCO. The number of methoxy groups -OCH3 is 1. The van der Waals surface area contributed by atoms with Crippen LogP contribution in [0.2, 0.25) is 0 Å². The smallest absolute Gasteiger partial charge is 0.247 e. The van der Waals surface area contributed by atoms with Gasteiger partial charge in [-0.15, -0.1) is 0 Å². The van der Waals surface area contributed by atoms with Gasteiger partial charge in [-0.3, -0.25) is 14.3 Å². The van der Waals surface area contributed by atoms with Gasteiger partial charge in [-0.1, -0.05) is 0 Å². The number of ketones is 1. The molecular formula is C32H35FN2O9S. The third-order valence-corrected chi connectivity index (χ3v) is 9.93. The van der Waals surface area contributed by atoms with Crippen LogP contribution >= 0.6 is 0 Å². The first-order valence-electron chi connectivity index (χ1n) is 14.5. The Labute approximate surface area is 260 Å². The summed E-state index contributed by atoms with van der Waals surface area (Å²) < 4.78 is 57.9.